The van der Waals surface area contributed by atoms with Crippen LogP contribution in [0.2, 0.25) is 0 Å². The topological polar surface area (TPSA) is 78.5 Å². The van der Waals surface area contributed by atoms with E-state index in [2.05, 4.69) is 10.1 Å². The van der Waals surface area contributed by atoms with Crippen LogP contribution < -0.4 is 10.4 Å². The predicted octanol–water partition coefficient (Wildman–Crippen LogP) is -0.687. The largest absolute Gasteiger partial charge is 0.545 e. The molecule has 0 spiro atoms. The van der Waals surface area contributed by atoms with E-state index in [-0.39, 0.29) is 24.6 Å². The standard InChI is InChI=1S/C11H13NO4/c1-16-7-10(13)12-6-8-4-2-3-5-9(8)11(14)15/h2-5H,6-7H2,1H3,(H,12,13)(H,14,15)/p-1. The molecule has 16 heavy (non-hydrogen) atoms. The molecule has 0 radical (unpaired) electrons. The highest BCUT2D eigenvalue weighted by Crippen LogP contribution is 2.07. The van der Waals surface area contributed by atoms with Gasteiger partial charge in [0.25, 0.3) is 0 Å². The SMILES string of the molecule is COCC(=O)NCc1ccccc1C(=O)[O-]. The number of rotatable bonds is 5. The second-order valence-electron chi connectivity index (χ2n) is 3.15. The van der Waals surface area contributed by atoms with Gasteiger partial charge in [-0.2, -0.15) is 0 Å². The van der Waals surface area contributed by atoms with Crippen molar-refractivity contribution < 1.29 is 19.4 Å². The van der Waals surface area contributed by atoms with Gasteiger partial charge in [-0.3, -0.25) is 4.79 Å². The maximum absolute atomic E-state index is 11.1. The van der Waals surface area contributed by atoms with Crippen LogP contribution in [0.4, 0.5) is 0 Å². The summed E-state index contributed by atoms with van der Waals surface area (Å²) in [4.78, 5) is 21.8. The number of amides is 1. The first kappa shape index (κ1) is 12.2. The fraction of sp³-hybridized carbons (Fsp3) is 0.273. The van der Waals surface area contributed by atoms with Crippen LogP contribution in [0.5, 0.6) is 0 Å². The molecule has 1 rings (SSSR count). The lowest BCUT2D eigenvalue weighted by molar-refractivity contribution is -0.255. The van der Waals surface area contributed by atoms with Crippen molar-refractivity contribution in [3.05, 3.63) is 35.4 Å². The summed E-state index contributed by atoms with van der Waals surface area (Å²) in [6.07, 6.45) is 0. The molecule has 86 valence electrons. The lowest BCUT2D eigenvalue weighted by Crippen LogP contribution is -2.29. The monoisotopic (exact) mass is 222 g/mol. The highest BCUT2D eigenvalue weighted by atomic mass is 16.5. The molecule has 0 aromatic heterocycles. The Balaban J connectivity index is 2.66. The van der Waals surface area contributed by atoms with Gasteiger partial charge >= 0.3 is 0 Å². The molecule has 1 aromatic carbocycles. The van der Waals surface area contributed by atoms with Gasteiger partial charge in [0.1, 0.15) is 6.61 Å². The number of aromatic carboxylic acids is 1. The molecule has 0 aliphatic carbocycles. The summed E-state index contributed by atoms with van der Waals surface area (Å²) in [7, 11) is 1.41. The van der Waals surface area contributed by atoms with Gasteiger partial charge in [-0.15, -0.1) is 0 Å². The summed E-state index contributed by atoms with van der Waals surface area (Å²) in [6, 6.07) is 6.36. The van der Waals surface area contributed by atoms with Gasteiger partial charge in [-0.1, -0.05) is 24.3 Å². The third-order valence-corrected chi connectivity index (χ3v) is 1.99. The molecule has 0 heterocycles. The van der Waals surface area contributed by atoms with Crippen LogP contribution in [0.25, 0.3) is 0 Å². The highest BCUT2D eigenvalue weighted by molar-refractivity contribution is 5.87. The smallest absolute Gasteiger partial charge is 0.246 e. The van der Waals surface area contributed by atoms with Crippen molar-refractivity contribution in [1.29, 1.82) is 0 Å². The van der Waals surface area contributed by atoms with E-state index in [1.165, 1.54) is 13.2 Å². The Morgan fingerprint density at radius 2 is 2.06 bits per heavy atom. The molecule has 0 bridgehead atoms. The summed E-state index contributed by atoms with van der Waals surface area (Å²) in [5, 5.41) is 13.3. The van der Waals surface area contributed by atoms with Crippen LogP contribution >= 0.6 is 0 Å². The molecule has 1 N–H and O–H groups in total. The van der Waals surface area contributed by atoms with Gasteiger partial charge < -0.3 is 20.0 Å². The van der Waals surface area contributed by atoms with E-state index in [9.17, 15) is 14.7 Å². The Labute approximate surface area is 93.0 Å². The van der Waals surface area contributed by atoms with Crippen molar-refractivity contribution in [2.45, 2.75) is 6.54 Å². The first-order valence-corrected chi connectivity index (χ1v) is 4.70. The molecule has 5 nitrogen and oxygen atoms in total. The molecule has 0 aliphatic rings. The van der Waals surface area contributed by atoms with Crippen LogP contribution in [-0.4, -0.2) is 25.6 Å². The average molecular weight is 222 g/mol. The normalized spacial score (nSPS) is 9.81. The number of carbonyl (C=O) groups excluding carboxylic acids is 2. The number of ether oxygens (including phenoxy) is 1. The second-order valence-corrected chi connectivity index (χ2v) is 3.15. The molecule has 5 heteroatoms. The number of nitrogens with one attached hydrogen (secondary N) is 1. The number of hydrogen-bond donors (Lipinski definition) is 1. The number of carbonyl (C=O) groups is 2. The zero-order valence-electron chi connectivity index (χ0n) is 8.86. The molecular formula is C11H12NO4-. The van der Waals surface area contributed by atoms with E-state index in [0.29, 0.717) is 5.56 Å². The number of benzene rings is 1. The Morgan fingerprint density at radius 1 is 1.38 bits per heavy atom. The summed E-state index contributed by atoms with van der Waals surface area (Å²) in [5.74, 6) is -1.55. The maximum atomic E-state index is 11.1. The van der Waals surface area contributed by atoms with Crippen LogP contribution in [0.15, 0.2) is 24.3 Å². The minimum absolute atomic E-state index is 0.0481. The van der Waals surface area contributed by atoms with Gasteiger partial charge in [0.15, 0.2) is 0 Å². The fourth-order valence-corrected chi connectivity index (χ4v) is 1.25. The van der Waals surface area contributed by atoms with Crippen molar-refractivity contribution in [3.63, 3.8) is 0 Å². The Morgan fingerprint density at radius 3 is 2.69 bits per heavy atom. The number of methoxy groups -OCH3 is 1. The number of carboxylic acid groups (broad SMARTS) is 1. The quantitative estimate of drug-likeness (QED) is 0.715. The second kappa shape index (κ2) is 5.87. The van der Waals surface area contributed by atoms with Crippen molar-refractivity contribution in [2.24, 2.45) is 0 Å². The number of hydrogen-bond acceptors (Lipinski definition) is 4. The molecule has 0 aliphatic heterocycles. The van der Waals surface area contributed by atoms with Gasteiger partial charge in [0, 0.05) is 19.2 Å². The van der Waals surface area contributed by atoms with Crippen molar-refractivity contribution in [2.75, 3.05) is 13.7 Å². The summed E-state index contributed by atoms with van der Waals surface area (Å²) in [5.41, 5.74) is 0.590. The Bertz CT molecular complexity index is 389. The van der Waals surface area contributed by atoms with E-state index in [1.54, 1.807) is 18.2 Å². The van der Waals surface area contributed by atoms with Crippen molar-refractivity contribution >= 4 is 11.9 Å². The van der Waals surface area contributed by atoms with Crippen LogP contribution in [-0.2, 0) is 16.1 Å². The van der Waals surface area contributed by atoms with E-state index >= 15 is 0 Å². The highest BCUT2D eigenvalue weighted by Gasteiger charge is 2.04. The minimum Gasteiger partial charge on any atom is -0.545 e. The molecule has 0 saturated heterocycles. The van der Waals surface area contributed by atoms with Crippen LogP contribution in [0.1, 0.15) is 15.9 Å². The number of carboxylic acids is 1. The summed E-state index contributed by atoms with van der Waals surface area (Å²) >= 11 is 0. The first-order valence-electron chi connectivity index (χ1n) is 4.70. The molecule has 0 unspecified atom stereocenters. The Hall–Kier alpha value is -1.88. The zero-order valence-corrected chi connectivity index (χ0v) is 8.86. The van der Waals surface area contributed by atoms with Gasteiger partial charge in [-0.25, -0.2) is 0 Å². The lowest BCUT2D eigenvalue weighted by Gasteiger charge is -2.10. The zero-order chi connectivity index (χ0) is 12.0. The minimum atomic E-state index is -1.25. The van der Waals surface area contributed by atoms with Gasteiger partial charge in [0.2, 0.25) is 5.91 Å². The molecule has 0 atom stereocenters. The van der Waals surface area contributed by atoms with Gasteiger partial charge in [0.05, 0.1) is 5.97 Å². The Kier molecular flexibility index (Phi) is 4.47. The first-order chi connectivity index (χ1) is 7.65. The van der Waals surface area contributed by atoms with E-state index in [1.807, 2.05) is 0 Å². The van der Waals surface area contributed by atoms with E-state index in [0.717, 1.165) is 0 Å². The lowest BCUT2D eigenvalue weighted by atomic mass is 10.1. The van der Waals surface area contributed by atoms with Gasteiger partial charge in [-0.05, 0) is 5.56 Å². The molecule has 0 saturated carbocycles. The summed E-state index contributed by atoms with van der Waals surface area (Å²) < 4.78 is 4.63. The van der Waals surface area contributed by atoms with Crippen LogP contribution in [0, 0.1) is 0 Å². The van der Waals surface area contributed by atoms with Crippen LogP contribution in [0.3, 0.4) is 0 Å². The predicted molar refractivity (Wildman–Crippen MR) is 54.5 cm³/mol. The average Bonchev–Trinajstić information content (AvgIpc) is 2.27. The molecule has 1 amide bonds. The van der Waals surface area contributed by atoms with Crippen molar-refractivity contribution in [1.82, 2.24) is 5.32 Å². The molecular weight excluding hydrogens is 210 g/mol. The maximum Gasteiger partial charge on any atom is 0.246 e. The fourth-order valence-electron chi connectivity index (χ4n) is 1.25. The third kappa shape index (κ3) is 3.36. The van der Waals surface area contributed by atoms with E-state index < -0.39 is 5.97 Å². The molecule has 1 aromatic rings. The molecule has 0 fully saturated rings. The van der Waals surface area contributed by atoms with Crippen molar-refractivity contribution in [3.8, 4) is 0 Å². The van der Waals surface area contributed by atoms with E-state index in [4.69, 9.17) is 0 Å². The third-order valence-electron chi connectivity index (χ3n) is 1.99. The summed E-state index contributed by atoms with van der Waals surface area (Å²) in [6.45, 7) is 0.0971.